The van der Waals surface area contributed by atoms with Gasteiger partial charge in [0.2, 0.25) is 0 Å². The summed E-state index contributed by atoms with van der Waals surface area (Å²) in [4.78, 5) is 27.9. The summed E-state index contributed by atoms with van der Waals surface area (Å²) in [5.41, 5.74) is 0.693. The van der Waals surface area contributed by atoms with Crippen molar-refractivity contribution < 1.29 is 19.1 Å². The highest BCUT2D eigenvalue weighted by Gasteiger charge is 2.42. The van der Waals surface area contributed by atoms with Gasteiger partial charge in [0, 0.05) is 18.7 Å². The number of urea groups is 1. The topological polar surface area (TPSA) is 59.1 Å². The summed E-state index contributed by atoms with van der Waals surface area (Å²) in [7, 11) is 3.16. The van der Waals surface area contributed by atoms with Crippen LogP contribution in [0.4, 0.5) is 4.79 Å². The van der Waals surface area contributed by atoms with Gasteiger partial charge in [-0.05, 0) is 30.0 Å². The van der Waals surface area contributed by atoms with Crippen molar-refractivity contribution in [3.63, 3.8) is 0 Å². The van der Waals surface area contributed by atoms with Gasteiger partial charge in [-0.1, -0.05) is 20.8 Å². The summed E-state index contributed by atoms with van der Waals surface area (Å²) in [5.74, 6) is 1.15. The summed E-state index contributed by atoms with van der Waals surface area (Å²) in [6.45, 7) is 8.41. The molecule has 0 spiro atoms. The number of amides is 3. The van der Waals surface area contributed by atoms with Gasteiger partial charge < -0.3 is 14.4 Å². The highest BCUT2D eigenvalue weighted by Crippen LogP contribution is 2.29. The molecule has 132 valence electrons. The number of rotatable bonds is 5. The summed E-state index contributed by atoms with van der Waals surface area (Å²) in [6, 6.07) is 5.05. The number of benzene rings is 1. The van der Waals surface area contributed by atoms with E-state index in [1.807, 2.05) is 39.8 Å². The Morgan fingerprint density at radius 2 is 1.62 bits per heavy atom. The van der Waals surface area contributed by atoms with E-state index in [2.05, 4.69) is 0 Å². The van der Waals surface area contributed by atoms with Crippen molar-refractivity contribution in [3.8, 4) is 11.5 Å². The second kappa shape index (κ2) is 6.71. The van der Waals surface area contributed by atoms with Crippen LogP contribution in [0.15, 0.2) is 18.2 Å². The van der Waals surface area contributed by atoms with Crippen LogP contribution in [0.2, 0.25) is 0 Å². The highest BCUT2D eigenvalue weighted by atomic mass is 16.5. The van der Waals surface area contributed by atoms with E-state index >= 15 is 0 Å². The third-order valence-corrected chi connectivity index (χ3v) is 4.50. The molecule has 3 amide bonds. The molecule has 1 unspecified atom stereocenters. The first-order valence-electron chi connectivity index (χ1n) is 8.00. The highest BCUT2D eigenvalue weighted by molar-refractivity contribution is 6.02. The van der Waals surface area contributed by atoms with Gasteiger partial charge in [0.25, 0.3) is 5.91 Å². The minimum atomic E-state index is -0.246. The van der Waals surface area contributed by atoms with Crippen LogP contribution in [-0.2, 0) is 11.3 Å². The molecule has 24 heavy (non-hydrogen) atoms. The molecule has 1 saturated heterocycles. The molecule has 1 fully saturated rings. The maximum atomic E-state index is 12.7. The van der Waals surface area contributed by atoms with Crippen molar-refractivity contribution in [1.29, 1.82) is 0 Å². The zero-order valence-corrected chi connectivity index (χ0v) is 15.3. The molecule has 1 aliphatic heterocycles. The number of hydrogen-bond acceptors (Lipinski definition) is 4. The minimum Gasteiger partial charge on any atom is -0.497 e. The van der Waals surface area contributed by atoms with Crippen LogP contribution in [0, 0.1) is 5.41 Å². The van der Waals surface area contributed by atoms with Crippen LogP contribution in [0.25, 0.3) is 0 Å². The molecule has 0 bridgehead atoms. The average Bonchev–Trinajstić information content (AvgIpc) is 2.79. The number of carbonyl (C=O) groups is 2. The molecule has 1 aromatic rings. The average molecular weight is 334 g/mol. The van der Waals surface area contributed by atoms with Gasteiger partial charge in [-0.15, -0.1) is 0 Å². The fourth-order valence-corrected chi connectivity index (χ4v) is 2.64. The molecular formula is C18H26N2O4. The first-order valence-corrected chi connectivity index (χ1v) is 8.00. The van der Waals surface area contributed by atoms with Crippen LogP contribution in [0.5, 0.6) is 11.5 Å². The third kappa shape index (κ3) is 3.63. The normalized spacial score (nSPS) is 16.6. The van der Waals surface area contributed by atoms with Crippen molar-refractivity contribution in [3.05, 3.63) is 23.8 Å². The molecule has 2 rings (SSSR count). The van der Waals surface area contributed by atoms with Gasteiger partial charge in [0.1, 0.15) is 18.0 Å². The second-order valence-electron chi connectivity index (χ2n) is 7.17. The van der Waals surface area contributed by atoms with Gasteiger partial charge in [0.05, 0.1) is 14.2 Å². The number of imide groups is 1. The first kappa shape index (κ1) is 18.1. The quantitative estimate of drug-likeness (QED) is 0.777. The number of methoxy groups -OCH3 is 2. The van der Waals surface area contributed by atoms with Gasteiger partial charge in [-0.2, -0.15) is 0 Å². The monoisotopic (exact) mass is 334 g/mol. The number of ether oxygens (including phenoxy) is 2. The van der Waals surface area contributed by atoms with Crippen LogP contribution in [0.1, 0.15) is 33.3 Å². The largest absolute Gasteiger partial charge is 0.497 e. The molecule has 6 nitrogen and oxygen atoms in total. The van der Waals surface area contributed by atoms with Crippen LogP contribution in [0.3, 0.4) is 0 Å². The Kier molecular flexibility index (Phi) is 5.06. The SMILES string of the molecule is COc1cc(CN2CC(=O)N(C(C)C(C)(C)C)C2=O)cc(OC)c1. The summed E-state index contributed by atoms with van der Waals surface area (Å²) < 4.78 is 10.5. The Bertz CT molecular complexity index is 614. The van der Waals surface area contributed by atoms with Gasteiger partial charge in [-0.25, -0.2) is 4.79 Å². The van der Waals surface area contributed by atoms with Gasteiger partial charge in [0.15, 0.2) is 0 Å². The maximum Gasteiger partial charge on any atom is 0.327 e. The predicted octanol–water partition coefficient (Wildman–Crippen LogP) is 2.90. The van der Waals surface area contributed by atoms with E-state index in [0.717, 1.165) is 5.56 Å². The first-order chi connectivity index (χ1) is 11.2. The molecule has 0 aromatic heterocycles. The van der Waals surface area contributed by atoms with Crippen molar-refractivity contribution in [1.82, 2.24) is 9.80 Å². The van der Waals surface area contributed by atoms with E-state index in [4.69, 9.17) is 9.47 Å². The Morgan fingerprint density at radius 3 is 2.08 bits per heavy atom. The maximum absolute atomic E-state index is 12.7. The van der Waals surface area contributed by atoms with E-state index in [0.29, 0.717) is 18.0 Å². The lowest BCUT2D eigenvalue weighted by atomic mass is 9.87. The fraction of sp³-hybridized carbons (Fsp3) is 0.556. The standard InChI is InChI=1S/C18H26N2O4/c1-12(18(2,3)4)20-16(21)11-19(17(20)22)10-13-7-14(23-5)9-15(8-13)24-6/h7-9,12H,10-11H2,1-6H3. The Balaban J connectivity index is 2.20. The van der Waals surface area contributed by atoms with E-state index in [1.165, 1.54) is 4.90 Å². The molecular weight excluding hydrogens is 308 g/mol. The van der Waals surface area contributed by atoms with Crippen molar-refractivity contribution in [2.24, 2.45) is 5.41 Å². The van der Waals surface area contributed by atoms with Gasteiger partial charge in [-0.3, -0.25) is 9.69 Å². The minimum absolute atomic E-state index is 0.0960. The van der Waals surface area contributed by atoms with Crippen molar-refractivity contribution >= 4 is 11.9 Å². The predicted molar refractivity (Wildman–Crippen MR) is 91.1 cm³/mol. The molecule has 0 radical (unpaired) electrons. The zero-order chi connectivity index (χ0) is 18.1. The Labute approximate surface area is 143 Å². The lowest BCUT2D eigenvalue weighted by molar-refractivity contribution is -0.128. The fourth-order valence-electron chi connectivity index (χ4n) is 2.64. The summed E-state index contributed by atoms with van der Waals surface area (Å²) in [6.07, 6.45) is 0. The molecule has 0 N–H and O–H groups in total. The molecule has 0 saturated carbocycles. The van der Waals surface area contributed by atoms with Gasteiger partial charge >= 0.3 is 6.03 Å². The van der Waals surface area contributed by atoms with E-state index in [1.54, 1.807) is 25.2 Å². The van der Waals surface area contributed by atoms with Crippen LogP contribution < -0.4 is 9.47 Å². The van der Waals surface area contributed by atoms with E-state index in [9.17, 15) is 9.59 Å². The number of nitrogens with zero attached hydrogens (tertiary/aromatic N) is 2. The van der Waals surface area contributed by atoms with E-state index in [-0.39, 0.29) is 29.9 Å². The van der Waals surface area contributed by atoms with Crippen LogP contribution >= 0.6 is 0 Å². The van der Waals surface area contributed by atoms with E-state index < -0.39 is 0 Å². The van der Waals surface area contributed by atoms with Crippen molar-refractivity contribution in [2.75, 3.05) is 20.8 Å². The molecule has 1 atom stereocenters. The molecule has 0 aliphatic carbocycles. The molecule has 1 aromatic carbocycles. The Morgan fingerprint density at radius 1 is 1.08 bits per heavy atom. The number of carbonyl (C=O) groups excluding carboxylic acids is 2. The lowest BCUT2D eigenvalue weighted by Crippen LogP contribution is -2.46. The summed E-state index contributed by atoms with van der Waals surface area (Å²) >= 11 is 0. The third-order valence-electron chi connectivity index (χ3n) is 4.50. The lowest BCUT2D eigenvalue weighted by Gasteiger charge is -2.33. The second-order valence-corrected chi connectivity index (χ2v) is 7.17. The smallest absolute Gasteiger partial charge is 0.327 e. The zero-order valence-electron chi connectivity index (χ0n) is 15.3. The molecule has 1 heterocycles. The Hall–Kier alpha value is -2.24. The number of hydrogen-bond donors (Lipinski definition) is 0. The molecule has 1 aliphatic rings. The molecule has 6 heteroatoms. The summed E-state index contributed by atoms with van der Waals surface area (Å²) in [5, 5.41) is 0. The van der Waals surface area contributed by atoms with Crippen LogP contribution in [-0.4, -0.2) is 48.5 Å². The van der Waals surface area contributed by atoms with Crippen molar-refractivity contribution in [2.45, 2.75) is 40.3 Å².